The third-order valence-corrected chi connectivity index (χ3v) is 3.76. The molecule has 0 unspecified atom stereocenters. The summed E-state index contributed by atoms with van der Waals surface area (Å²) in [5.41, 5.74) is 0.678. The molecule has 1 heterocycles. The lowest BCUT2D eigenvalue weighted by molar-refractivity contribution is -0.131. The number of Topliss-reactive ketones (excluding diaryl/α,β-unsaturated/α-hetero) is 1. The van der Waals surface area contributed by atoms with Crippen molar-refractivity contribution >= 4 is 11.7 Å². The van der Waals surface area contributed by atoms with Gasteiger partial charge in [-0.05, 0) is 50.6 Å². The van der Waals surface area contributed by atoms with E-state index in [0.29, 0.717) is 25.0 Å². The van der Waals surface area contributed by atoms with Crippen molar-refractivity contribution in [2.75, 3.05) is 32.8 Å². The summed E-state index contributed by atoms with van der Waals surface area (Å²) in [6.45, 7) is 5.57. The third-order valence-electron chi connectivity index (χ3n) is 3.76. The van der Waals surface area contributed by atoms with Crippen LogP contribution < -0.4 is 10.1 Å². The predicted molar refractivity (Wildman–Crippen MR) is 85.2 cm³/mol. The highest BCUT2D eigenvalue weighted by Gasteiger charge is 2.14. The summed E-state index contributed by atoms with van der Waals surface area (Å²) in [4.78, 5) is 25.2. The van der Waals surface area contributed by atoms with Crippen molar-refractivity contribution in [1.29, 1.82) is 0 Å². The number of benzene rings is 1. The van der Waals surface area contributed by atoms with E-state index in [1.54, 1.807) is 31.2 Å². The minimum Gasteiger partial charge on any atom is -0.494 e. The lowest BCUT2D eigenvalue weighted by Crippen LogP contribution is -2.34. The van der Waals surface area contributed by atoms with Crippen LogP contribution in [-0.2, 0) is 4.79 Å². The van der Waals surface area contributed by atoms with Crippen molar-refractivity contribution < 1.29 is 14.3 Å². The molecular formula is C17H24N2O3. The number of rotatable bonds is 6. The Morgan fingerprint density at radius 2 is 1.95 bits per heavy atom. The maximum atomic E-state index is 12.1. The molecule has 1 fully saturated rings. The van der Waals surface area contributed by atoms with Gasteiger partial charge in [-0.3, -0.25) is 9.59 Å². The Labute approximate surface area is 131 Å². The van der Waals surface area contributed by atoms with Gasteiger partial charge in [-0.25, -0.2) is 0 Å². The first kappa shape index (κ1) is 16.5. The van der Waals surface area contributed by atoms with E-state index in [4.69, 9.17) is 4.74 Å². The second-order valence-corrected chi connectivity index (χ2v) is 5.52. The number of hydrogen-bond donors (Lipinski definition) is 1. The van der Waals surface area contributed by atoms with Crippen molar-refractivity contribution in [2.24, 2.45) is 0 Å². The van der Waals surface area contributed by atoms with Gasteiger partial charge in [-0.15, -0.1) is 0 Å². The first-order valence-corrected chi connectivity index (χ1v) is 7.89. The van der Waals surface area contributed by atoms with Crippen LogP contribution in [0.25, 0.3) is 0 Å². The van der Waals surface area contributed by atoms with Crippen LogP contribution in [0.1, 0.15) is 36.5 Å². The van der Waals surface area contributed by atoms with E-state index in [1.165, 1.54) is 0 Å². The molecule has 1 aliphatic heterocycles. The van der Waals surface area contributed by atoms with Gasteiger partial charge in [0.1, 0.15) is 5.75 Å². The van der Waals surface area contributed by atoms with Gasteiger partial charge in [0.15, 0.2) is 5.78 Å². The van der Waals surface area contributed by atoms with Gasteiger partial charge >= 0.3 is 0 Å². The molecule has 0 aromatic heterocycles. The molecule has 1 aromatic carbocycles. The molecular weight excluding hydrogens is 280 g/mol. The van der Waals surface area contributed by atoms with Crippen LogP contribution in [0.3, 0.4) is 0 Å². The molecule has 0 bridgehead atoms. The smallest absolute Gasteiger partial charge is 0.222 e. The molecule has 0 saturated carbocycles. The quantitative estimate of drug-likeness (QED) is 0.644. The molecule has 1 aromatic rings. The summed E-state index contributed by atoms with van der Waals surface area (Å²) in [5, 5.41) is 3.29. The first-order valence-electron chi connectivity index (χ1n) is 7.89. The number of nitrogens with zero attached hydrogens (tertiary/aromatic N) is 1. The van der Waals surface area contributed by atoms with E-state index in [1.807, 2.05) is 4.90 Å². The normalized spacial score (nSPS) is 15.2. The van der Waals surface area contributed by atoms with Crippen LogP contribution in [0.4, 0.5) is 0 Å². The summed E-state index contributed by atoms with van der Waals surface area (Å²) in [5.74, 6) is 0.986. The van der Waals surface area contributed by atoms with Crippen LogP contribution in [0.15, 0.2) is 24.3 Å². The van der Waals surface area contributed by atoms with E-state index in [2.05, 4.69) is 5.32 Å². The third kappa shape index (κ3) is 5.15. The Kier molecular flexibility index (Phi) is 6.40. The number of amides is 1. The summed E-state index contributed by atoms with van der Waals surface area (Å²) in [6, 6.07) is 7.10. The van der Waals surface area contributed by atoms with Crippen molar-refractivity contribution in [1.82, 2.24) is 10.2 Å². The van der Waals surface area contributed by atoms with Crippen molar-refractivity contribution in [3.8, 4) is 5.75 Å². The standard InChI is InChI=1S/C17H24N2O3/c1-14(20)15-5-7-16(8-6-15)22-13-2-4-17(21)19-11-3-9-18-10-12-19/h5-8,18H,2-4,9-13H2,1H3. The number of hydrogen-bond acceptors (Lipinski definition) is 4. The summed E-state index contributed by atoms with van der Waals surface area (Å²) in [6.07, 6.45) is 2.24. The lowest BCUT2D eigenvalue weighted by Gasteiger charge is -2.19. The van der Waals surface area contributed by atoms with Crippen LogP contribution in [-0.4, -0.2) is 49.4 Å². The van der Waals surface area contributed by atoms with E-state index in [-0.39, 0.29) is 11.7 Å². The minimum atomic E-state index is 0.0455. The fraction of sp³-hybridized carbons (Fsp3) is 0.529. The fourth-order valence-corrected chi connectivity index (χ4v) is 2.45. The summed E-state index contributed by atoms with van der Waals surface area (Å²) in [7, 11) is 0. The van der Waals surface area contributed by atoms with Crippen molar-refractivity contribution in [3.05, 3.63) is 29.8 Å². The fourth-order valence-electron chi connectivity index (χ4n) is 2.45. The molecule has 1 saturated heterocycles. The Morgan fingerprint density at radius 1 is 1.18 bits per heavy atom. The Bertz CT molecular complexity index is 491. The molecule has 5 heteroatoms. The van der Waals surface area contributed by atoms with Crippen LogP contribution in [0.2, 0.25) is 0 Å². The monoisotopic (exact) mass is 304 g/mol. The van der Waals surface area contributed by atoms with Gasteiger partial charge in [0.25, 0.3) is 0 Å². The van der Waals surface area contributed by atoms with Gasteiger partial charge in [0.05, 0.1) is 6.61 Å². The maximum Gasteiger partial charge on any atom is 0.222 e. The molecule has 120 valence electrons. The van der Waals surface area contributed by atoms with E-state index in [9.17, 15) is 9.59 Å². The van der Waals surface area contributed by atoms with Crippen molar-refractivity contribution in [2.45, 2.75) is 26.2 Å². The zero-order valence-electron chi connectivity index (χ0n) is 13.1. The van der Waals surface area contributed by atoms with Crippen LogP contribution >= 0.6 is 0 Å². The zero-order valence-corrected chi connectivity index (χ0v) is 13.1. The van der Waals surface area contributed by atoms with E-state index >= 15 is 0 Å². The predicted octanol–water partition coefficient (Wildman–Crippen LogP) is 1.87. The van der Waals surface area contributed by atoms with Gasteiger partial charge in [0.2, 0.25) is 5.91 Å². The molecule has 0 radical (unpaired) electrons. The Balaban J connectivity index is 1.67. The number of ether oxygens (including phenoxy) is 1. The highest BCUT2D eigenvalue weighted by Crippen LogP contribution is 2.13. The van der Waals surface area contributed by atoms with Crippen molar-refractivity contribution in [3.63, 3.8) is 0 Å². The van der Waals surface area contributed by atoms with E-state index in [0.717, 1.165) is 38.3 Å². The molecule has 22 heavy (non-hydrogen) atoms. The molecule has 0 spiro atoms. The van der Waals surface area contributed by atoms with Crippen LogP contribution in [0.5, 0.6) is 5.75 Å². The first-order chi connectivity index (χ1) is 10.7. The average molecular weight is 304 g/mol. The summed E-state index contributed by atoms with van der Waals surface area (Å²) < 4.78 is 5.61. The maximum absolute atomic E-state index is 12.1. The van der Waals surface area contributed by atoms with Gasteiger partial charge in [-0.1, -0.05) is 0 Å². The minimum absolute atomic E-state index is 0.0455. The molecule has 0 aliphatic carbocycles. The molecule has 1 aliphatic rings. The zero-order chi connectivity index (χ0) is 15.8. The Hall–Kier alpha value is -1.88. The summed E-state index contributed by atoms with van der Waals surface area (Å²) >= 11 is 0. The SMILES string of the molecule is CC(=O)c1ccc(OCCCC(=O)N2CCCNCC2)cc1. The highest BCUT2D eigenvalue weighted by atomic mass is 16.5. The van der Waals surface area contributed by atoms with Crippen LogP contribution in [0, 0.1) is 0 Å². The molecule has 2 rings (SSSR count). The average Bonchev–Trinajstić information content (AvgIpc) is 2.81. The number of nitrogens with one attached hydrogen (secondary N) is 1. The second kappa shape index (κ2) is 8.54. The largest absolute Gasteiger partial charge is 0.494 e. The number of carbonyl (C=O) groups excluding carboxylic acids is 2. The molecule has 0 atom stereocenters. The number of ketones is 1. The highest BCUT2D eigenvalue weighted by molar-refractivity contribution is 5.94. The number of carbonyl (C=O) groups is 2. The van der Waals surface area contributed by atoms with Gasteiger partial charge in [0, 0.05) is 31.6 Å². The van der Waals surface area contributed by atoms with Gasteiger partial charge < -0.3 is 15.0 Å². The molecule has 1 amide bonds. The topological polar surface area (TPSA) is 58.6 Å². The van der Waals surface area contributed by atoms with E-state index < -0.39 is 0 Å². The molecule has 5 nitrogen and oxygen atoms in total. The van der Waals surface area contributed by atoms with Gasteiger partial charge in [-0.2, -0.15) is 0 Å². The second-order valence-electron chi connectivity index (χ2n) is 5.52. The Morgan fingerprint density at radius 3 is 2.68 bits per heavy atom. The lowest BCUT2D eigenvalue weighted by atomic mass is 10.1. The molecule has 1 N–H and O–H groups in total.